The summed E-state index contributed by atoms with van der Waals surface area (Å²) < 4.78 is 40.0. The number of nitrogens with zero attached hydrogens (tertiary/aromatic N) is 2. The summed E-state index contributed by atoms with van der Waals surface area (Å²) in [6, 6.07) is 11.7. The highest BCUT2D eigenvalue weighted by Crippen LogP contribution is 2.19. The van der Waals surface area contributed by atoms with Gasteiger partial charge >= 0.3 is 0 Å². The Labute approximate surface area is 166 Å². The minimum absolute atomic E-state index is 0.0186. The van der Waals surface area contributed by atoms with E-state index in [0.717, 1.165) is 6.07 Å². The van der Waals surface area contributed by atoms with Gasteiger partial charge in [0.05, 0.1) is 4.90 Å². The highest BCUT2D eigenvalue weighted by Gasteiger charge is 2.31. The number of sulfonamides is 1. The first-order valence-corrected chi connectivity index (χ1v) is 10.5. The van der Waals surface area contributed by atoms with Gasteiger partial charge in [-0.05, 0) is 30.3 Å². The van der Waals surface area contributed by atoms with E-state index in [0.29, 0.717) is 10.9 Å². The summed E-state index contributed by atoms with van der Waals surface area (Å²) >= 11 is 0. The number of carbonyl (C=O) groups is 1. The molecule has 1 aromatic heterocycles. The average Bonchev–Trinajstić information content (AvgIpc) is 2.74. The maximum atomic E-state index is 13.4. The van der Waals surface area contributed by atoms with Gasteiger partial charge in [0.1, 0.15) is 11.4 Å². The van der Waals surface area contributed by atoms with Gasteiger partial charge in [0, 0.05) is 43.3 Å². The number of hydrogen-bond donors (Lipinski definition) is 1. The van der Waals surface area contributed by atoms with Crippen LogP contribution in [0.15, 0.2) is 64.4 Å². The highest BCUT2D eigenvalue weighted by atomic mass is 32.2. The van der Waals surface area contributed by atoms with E-state index in [9.17, 15) is 22.4 Å². The first-order chi connectivity index (χ1) is 13.9. The molecule has 4 rings (SSSR count). The minimum Gasteiger partial charge on any atom is -0.360 e. The molecule has 0 spiro atoms. The van der Waals surface area contributed by atoms with E-state index in [-0.39, 0.29) is 42.1 Å². The third-order valence-corrected chi connectivity index (χ3v) is 6.87. The lowest BCUT2D eigenvalue weighted by Gasteiger charge is -2.34. The van der Waals surface area contributed by atoms with Gasteiger partial charge in [0.2, 0.25) is 15.5 Å². The van der Waals surface area contributed by atoms with E-state index in [4.69, 9.17) is 0 Å². The zero-order valence-electron chi connectivity index (χ0n) is 15.3. The molecule has 3 aromatic rings. The van der Waals surface area contributed by atoms with Crippen molar-refractivity contribution in [3.63, 3.8) is 0 Å². The first kappa shape index (κ1) is 19.3. The lowest BCUT2D eigenvalue weighted by Crippen LogP contribution is -2.51. The molecular formula is C20H18FN3O4S. The molecule has 1 amide bonds. The van der Waals surface area contributed by atoms with E-state index in [1.807, 2.05) is 0 Å². The monoisotopic (exact) mass is 415 g/mol. The summed E-state index contributed by atoms with van der Waals surface area (Å²) in [5, 5.41) is 0.422. The molecule has 0 unspecified atom stereocenters. The number of rotatable bonds is 3. The number of pyridine rings is 1. The van der Waals surface area contributed by atoms with Gasteiger partial charge in [0.15, 0.2) is 0 Å². The Kier molecular flexibility index (Phi) is 4.93. The molecule has 0 saturated carbocycles. The fourth-order valence-electron chi connectivity index (χ4n) is 3.40. The van der Waals surface area contributed by atoms with Crippen LogP contribution in [-0.4, -0.2) is 54.7 Å². The van der Waals surface area contributed by atoms with Crippen molar-refractivity contribution in [3.8, 4) is 0 Å². The smallest absolute Gasteiger partial charge is 0.259 e. The molecule has 2 heterocycles. The predicted octanol–water partition coefficient (Wildman–Crippen LogP) is 1.81. The third-order valence-electron chi connectivity index (χ3n) is 4.98. The third kappa shape index (κ3) is 3.54. The number of benzene rings is 2. The minimum atomic E-state index is -3.85. The molecule has 1 saturated heterocycles. The van der Waals surface area contributed by atoms with Crippen LogP contribution in [0.25, 0.3) is 10.9 Å². The fraction of sp³-hybridized carbons (Fsp3) is 0.200. The molecule has 1 fully saturated rings. The van der Waals surface area contributed by atoms with Crippen molar-refractivity contribution in [2.24, 2.45) is 0 Å². The summed E-state index contributed by atoms with van der Waals surface area (Å²) in [4.78, 5) is 29.8. The van der Waals surface area contributed by atoms with Gasteiger partial charge < -0.3 is 9.88 Å². The lowest BCUT2D eigenvalue weighted by molar-refractivity contribution is 0.0696. The van der Waals surface area contributed by atoms with E-state index in [1.54, 1.807) is 24.3 Å². The van der Waals surface area contributed by atoms with Gasteiger partial charge in [-0.2, -0.15) is 4.31 Å². The van der Waals surface area contributed by atoms with Crippen molar-refractivity contribution in [3.05, 3.63) is 76.3 Å². The molecule has 0 aliphatic carbocycles. The first-order valence-electron chi connectivity index (χ1n) is 9.03. The van der Waals surface area contributed by atoms with Crippen molar-refractivity contribution in [1.82, 2.24) is 14.2 Å². The number of fused-ring (bicyclic) bond motifs is 1. The molecule has 0 radical (unpaired) electrons. The van der Waals surface area contributed by atoms with Crippen LogP contribution in [0.2, 0.25) is 0 Å². The molecule has 150 valence electrons. The average molecular weight is 415 g/mol. The number of halogens is 1. The van der Waals surface area contributed by atoms with Crippen LogP contribution in [0, 0.1) is 5.82 Å². The maximum absolute atomic E-state index is 13.4. The molecule has 0 atom stereocenters. The van der Waals surface area contributed by atoms with Crippen molar-refractivity contribution in [2.75, 3.05) is 26.2 Å². The Balaban J connectivity index is 1.52. The number of nitrogens with one attached hydrogen (secondary N) is 1. The van der Waals surface area contributed by atoms with Crippen LogP contribution in [0.3, 0.4) is 0 Å². The second-order valence-corrected chi connectivity index (χ2v) is 8.67. The van der Waals surface area contributed by atoms with Gasteiger partial charge in [-0.25, -0.2) is 12.8 Å². The van der Waals surface area contributed by atoms with Gasteiger partial charge in [0.25, 0.3) is 5.91 Å². The molecule has 2 aromatic carbocycles. The standard InChI is InChI=1S/C20H18FN3O4S/c21-14-4-3-5-15(12-14)29(27,28)24-10-8-23(9-11-24)20(26)17-13-22-18-7-2-1-6-16(18)19(17)25/h1-7,12-13H,8-11H2,(H,22,25). The van der Waals surface area contributed by atoms with Crippen molar-refractivity contribution < 1.29 is 17.6 Å². The quantitative estimate of drug-likeness (QED) is 0.707. The van der Waals surface area contributed by atoms with Gasteiger partial charge in [-0.3, -0.25) is 9.59 Å². The van der Waals surface area contributed by atoms with Crippen LogP contribution in [0.4, 0.5) is 4.39 Å². The molecular weight excluding hydrogens is 397 g/mol. The van der Waals surface area contributed by atoms with Crippen LogP contribution >= 0.6 is 0 Å². The molecule has 1 aliphatic heterocycles. The Morgan fingerprint density at radius 2 is 1.72 bits per heavy atom. The zero-order valence-corrected chi connectivity index (χ0v) is 16.2. The van der Waals surface area contributed by atoms with E-state index in [1.165, 1.54) is 33.6 Å². The predicted molar refractivity (Wildman–Crippen MR) is 106 cm³/mol. The highest BCUT2D eigenvalue weighted by molar-refractivity contribution is 7.89. The summed E-state index contributed by atoms with van der Waals surface area (Å²) in [6.07, 6.45) is 1.39. The normalized spacial score (nSPS) is 15.6. The number of aromatic nitrogens is 1. The zero-order chi connectivity index (χ0) is 20.6. The number of amides is 1. The second-order valence-electron chi connectivity index (χ2n) is 6.73. The maximum Gasteiger partial charge on any atom is 0.259 e. The Bertz CT molecular complexity index is 1250. The topological polar surface area (TPSA) is 90.6 Å². The number of H-pyrrole nitrogens is 1. The lowest BCUT2D eigenvalue weighted by atomic mass is 10.1. The van der Waals surface area contributed by atoms with Crippen LogP contribution in [0.1, 0.15) is 10.4 Å². The number of hydrogen-bond acceptors (Lipinski definition) is 4. The Morgan fingerprint density at radius 3 is 2.45 bits per heavy atom. The van der Waals surface area contributed by atoms with Crippen molar-refractivity contribution >= 4 is 26.8 Å². The Hall–Kier alpha value is -3.04. The number of piperazine rings is 1. The molecule has 0 bridgehead atoms. The SMILES string of the molecule is O=C(c1c[nH]c2ccccc2c1=O)N1CCN(S(=O)(=O)c2cccc(F)c2)CC1. The summed E-state index contributed by atoms with van der Waals surface area (Å²) in [7, 11) is -3.85. The molecule has 7 nitrogen and oxygen atoms in total. The van der Waals surface area contributed by atoms with E-state index < -0.39 is 21.7 Å². The number of para-hydroxylation sites is 1. The van der Waals surface area contributed by atoms with E-state index >= 15 is 0 Å². The molecule has 1 aliphatic rings. The Morgan fingerprint density at radius 1 is 1.00 bits per heavy atom. The molecule has 29 heavy (non-hydrogen) atoms. The van der Waals surface area contributed by atoms with Crippen LogP contribution < -0.4 is 5.43 Å². The van der Waals surface area contributed by atoms with Gasteiger partial charge in [-0.15, -0.1) is 0 Å². The fourth-order valence-corrected chi connectivity index (χ4v) is 4.86. The summed E-state index contributed by atoms with van der Waals surface area (Å²) in [5.74, 6) is -1.07. The number of carbonyl (C=O) groups excluding carboxylic acids is 1. The largest absolute Gasteiger partial charge is 0.360 e. The molecule has 1 N–H and O–H groups in total. The van der Waals surface area contributed by atoms with Gasteiger partial charge in [-0.1, -0.05) is 18.2 Å². The van der Waals surface area contributed by atoms with Crippen LogP contribution in [0.5, 0.6) is 0 Å². The van der Waals surface area contributed by atoms with E-state index in [2.05, 4.69) is 4.98 Å². The summed E-state index contributed by atoms with van der Waals surface area (Å²) in [6.45, 7) is 0.408. The molecule has 9 heteroatoms. The second kappa shape index (κ2) is 7.41. The van der Waals surface area contributed by atoms with Crippen LogP contribution in [-0.2, 0) is 10.0 Å². The number of aromatic amines is 1. The van der Waals surface area contributed by atoms with Crippen molar-refractivity contribution in [1.29, 1.82) is 0 Å². The summed E-state index contributed by atoms with van der Waals surface area (Å²) in [5.41, 5.74) is 0.296. The van der Waals surface area contributed by atoms with Crippen molar-refractivity contribution in [2.45, 2.75) is 4.90 Å².